The molecule has 0 saturated carbocycles. The van der Waals surface area contributed by atoms with Gasteiger partial charge in [0, 0.05) is 19.3 Å². The first-order chi connectivity index (χ1) is 39.5. The minimum Gasteiger partial charge on any atom is -0.462 e. The number of ether oxygens (including phenoxy) is 3. The van der Waals surface area contributed by atoms with Crippen molar-refractivity contribution in [1.82, 2.24) is 0 Å². The van der Waals surface area contributed by atoms with Gasteiger partial charge < -0.3 is 14.2 Å². The minimum absolute atomic E-state index is 0.0704. The van der Waals surface area contributed by atoms with Crippen LogP contribution in [0.3, 0.4) is 0 Å². The quantitative estimate of drug-likeness (QED) is 0.0261. The molecule has 0 spiro atoms. The van der Waals surface area contributed by atoms with Crippen molar-refractivity contribution in [1.29, 1.82) is 0 Å². The van der Waals surface area contributed by atoms with Crippen LogP contribution in [-0.4, -0.2) is 37.2 Å². The number of rotatable bonds is 66. The lowest BCUT2D eigenvalue weighted by atomic mass is 10.0. The molecule has 0 aliphatic carbocycles. The van der Waals surface area contributed by atoms with Crippen molar-refractivity contribution < 1.29 is 28.6 Å². The van der Waals surface area contributed by atoms with Crippen LogP contribution < -0.4 is 0 Å². The summed E-state index contributed by atoms with van der Waals surface area (Å²) in [5, 5.41) is 0. The average molecular weight is 1120 g/mol. The van der Waals surface area contributed by atoms with Crippen molar-refractivity contribution in [3.8, 4) is 0 Å². The molecule has 80 heavy (non-hydrogen) atoms. The zero-order chi connectivity index (χ0) is 57.8. The van der Waals surface area contributed by atoms with Gasteiger partial charge in [0.2, 0.25) is 0 Å². The Balaban J connectivity index is 4.18. The Labute approximate surface area is 498 Å². The summed E-state index contributed by atoms with van der Waals surface area (Å²) in [7, 11) is 0. The van der Waals surface area contributed by atoms with Gasteiger partial charge in [0.15, 0.2) is 6.10 Å². The zero-order valence-corrected chi connectivity index (χ0v) is 53.9. The van der Waals surface area contributed by atoms with Crippen LogP contribution in [0.5, 0.6) is 0 Å². The molecule has 0 heterocycles. The summed E-state index contributed by atoms with van der Waals surface area (Å²) in [4.78, 5) is 38.4. The third kappa shape index (κ3) is 66.2. The van der Waals surface area contributed by atoms with Gasteiger partial charge in [0.25, 0.3) is 0 Å². The summed E-state index contributed by atoms with van der Waals surface area (Å²) in [5.74, 6) is -0.852. The first-order valence-electron chi connectivity index (χ1n) is 35.6. The lowest BCUT2D eigenvalue weighted by Crippen LogP contribution is -2.30. The van der Waals surface area contributed by atoms with Crippen LogP contribution in [0, 0.1) is 0 Å². The standard InChI is InChI=1S/C74H136O6/c1-4-7-10-13-16-19-22-25-28-30-31-32-33-34-35-36-37-38-39-40-41-42-43-44-47-49-52-55-58-61-64-67-73(76)79-70-71(69-78-72(75)66-63-60-57-54-51-48-45-27-24-21-18-15-12-9-6-3)80-74(77)68-65-62-59-56-53-50-46-29-26-23-20-17-14-11-8-5-2/h22,25,27,30-31,33-34,45,71H,4-21,23-24,26,28-29,32,35-44,46-70H2,1-3H3/b25-22-,31-30-,34-33-,45-27-. The van der Waals surface area contributed by atoms with E-state index in [1.807, 2.05) is 0 Å². The molecular weight excluding hydrogens is 985 g/mol. The van der Waals surface area contributed by atoms with Crippen LogP contribution in [0.15, 0.2) is 48.6 Å². The van der Waals surface area contributed by atoms with E-state index in [9.17, 15) is 14.4 Å². The summed E-state index contributed by atoms with van der Waals surface area (Å²) in [6.45, 7) is 6.68. The molecular formula is C74H136O6. The fourth-order valence-electron chi connectivity index (χ4n) is 10.7. The van der Waals surface area contributed by atoms with Gasteiger partial charge in [-0.15, -0.1) is 0 Å². The van der Waals surface area contributed by atoms with Gasteiger partial charge in [-0.2, -0.15) is 0 Å². The fraction of sp³-hybridized carbons (Fsp3) is 0.851. The van der Waals surface area contributed by atoms with Gasteiger partial charge in [0.1, 0.15) is 13.2 Å². The maximum absolute atomic E-state index is 12.9. The molecule has 0 rings (SSSR count). The molecule has 0 aromatic heterocycles. The highest BCUT2D eigenvalue weighted by atomic mass is 16.6. The summed E-state index contributed by atoms with van der Waals surface area (Å²) < 4.78 is 17.0. The smallest absolute Gasteiger partial charge is 0.306 e. The number of unbranched alkanes of at least 4 members (excludes halogenated alkanes) is 47. The van der Waals surface area contributed by atoms with Crippen LogP contribution in [0.1, 0.15) is 387 Å². The van der Waals surface area contributed by atoms with Crippen LogP contribution in [-0.2, 0) is 28.6 Å². The number of carbonyl (C=O) groups is 3. The number of hydrogen-bond acceptors (Lipinski definition) is 6. The van der Waals surface area contributed by atoms with Crippen LogP contribution in [0.25, 0.3) is 0 Å². The number of esters is 3. The van der Waals surface area contributed by atoms with Crippen molar-refractivity contribution in [2.24, 2.45) is 0 Å². The number of hydrogen-bond donors (Lipinski definition) is 0. The molecule has 1 atom stereocenters. The second-order valence-corrected chi connectivity index (χ2v) is 24.1. The molecule has 0 radical (unpaired) electrons. The second-order valence-electron chi connectivity index (χ2n) is 24.1. The Morgan fingerprint density at radius 3 is 0.713 bits per heavy atom. The van der Waals surface area contributed by atoms with E-state index in [1.54, 1.807) is 0 Å². The van der Waals surface area contributed by atoms with Gasteiger partial charge in [-0.1, -0.05) is 333 Å². The molecule has 0 aliphatic rings. The van der Waals surface area contributed by atoms with E-state index in [0.29, 0.717) is 19.3 Å². The summed E-state index contributed by atoms with van der Waals surface area (Å²) in [5.41, 5.74) is 0. The summed E-state index contributed by atoms with van der Waals surface area (Å²) in [6, 6.07) is 0. The van der Waals surface area contributed by atoms with E-state index in [1.165, 1.54) is 270 Å². The Kier molecular flexibility index (Phi) is 66.6. The van der Waals surface area contributed by atoms with Gasteiger partial charge >= 0.3 is 17.9 Å². The number of carbonyl (C=O) groups excluding carboxylic acids is 3. The van der Waals surface area contributed by atoms with E-state index in [2.05, 4.69) is 69.4 Å². The molecule has 0 fully saturated rings. The van der Waals surface area contributed by atoms with Crippen LogP contribution >= 0.6 is 0 Å². The number of allylic oxidation sites excluding steroid dienone is 8. The lowest BCUT2D eigenvalue weighted by Gasteiger charge is -2.18. The van der Waals surface area contributed by atoms with Crippen LogP contribution in [0.4, 0.5) is 0 Å². The fourth-order valence-corrected chi connectivity index (χ4v) is 10.7. The molecule has 0 saturated heterocycles. The van der Waals surface area contributed by atoms with Crippen LogP contribution in [0.2, 0.25) is 0 Å². The predicted molar refractivity (Wildman–Crippen MR) is 349 cm³/mol. The van der Waals surface area contributed by atoms with Crippen molar-refractivity contribution >= 4 is 17.9 Å². The van der Waals surface area contributed by atoms with Gasteiger partial charge in [0.05, 0.1) is 0 Å². The minimum atomic E-state index is -0.774. The molecule has 0 aliphatic heterocycles. The SMILES string of the molecule is CCCCCCC/C=C\C/C=C\C/C=C\CCCCCCCCCCCCCCCCCCC(=O)OCC(COC(=O)CCCCCCC/C=C\CCCCCCCC)OC(=O)CCCCCCCCCCCCCCCCCC. The van der Waals surface area contributed by atoms with Gasteiger partial charge in [-0.3, -0.25) is 14.4 Å². The maximum atomic E-state index is 12.9. The molecule has 468 valence electrons. The third-order valence-corrected chi connectivity index (χ3v) is 16.1. The molecule has 6 nitrogen and oxygen atoms in total. The van der Waals surface area contributed by atoms with Crippen molar-refractivity contribution in [3.05, 3.63) is 48.6 Å². The molecule has 1 unspecified atom stereocenters. The first kappa shape index (κ1) is 77.4. The van der Waals surface area contributed by atoms with E-state index < -0.39 is 6.10 Å². The van der Waals surface area contributed by atoms with E-state index >= 15 is 0 Å². The predicted octanol–water partition coefficient (Wildman–Crippen LogP) is 24.5. The molecule has 0 aromatic rings. The highest BCUT2D eigenvalue weighted by molar-refractivity contribution is 5.71. The molecule has 0 amide bonds. The topological polar surface area (TPSA) is 78.9 Å². The first-order valence-corrected chi connectivity index (χ1v) is 35.6. The summed E-state index contributed by atoms with van der Waals surface area (Å²) in [6.07, 6.45) is 87.1. The molecule has 0 N–H and O–H groups in total. The normalized spacial score (nSPS) is 12.3. The van der Waals surface area contributed by atoms with Crippen molar-refractivity contribution in [2.45, 2.75) is 393 Å². The van der Waals surface area contributed by atoms with E-state index in [-0.39, 0.29) is 31.1 Å². The zero-order valence-electron chi connectivity index (χ0n) is 53.9. The van der Waals surface area contributed by atoms with Gasteiger partial charge in [-0.05, 0) is 83.5 Å². The highest BCUT2D eigenvalue weighted by Crippen LogP contribution is 2.18. The third-order valence-electron chi connectivity index (χ3n) is 16.1. The second kappa shape index (κ2) is 68.9. The molecule has 6 heteroatoms. The molecule has 0 bridgehead atoms. The lowest BCUT2D eigenvalue weighted by molar-refractivity contribution is -0.167. The van der Waals surface area contributed by atoms with Crippen molar-refractivity contribution in [3.63, 3.8) is 0 Å². The Morgan fingerprint density at radius 2 is 0.450 bits per heavy atom. The van der Waals surface area contributed by atoms with E-state index in [4.69, 9.17) is 14.2 Å². The largest absolute Gasteiger partial charge is 0.462 e. The van der Waals surface area contributed by atoms with Crippen molar-refractivity contribution in [2.75, 3.05) is 13.2 Å². The van der Waals surface area contributed by atoms with E-state index in [0.717, 1.165) is 77.0 Å². The maximum Gasteiger partial charge on any atom is 0.306 e. The Hall–Kier alpha value is -2.63. The highest BCUT2D eigenvalue weighted by Gasteiger charge is 2.19. The Bertz CT molecular complexity index is 1380. The molecule has 0 aromatic carbocycles. The average Bonchev–Trinajstić information content (AvgIpc) is 3.46. The summed E-state index contributed by atoms with van der Waals surface area (Å²) >= 11 is 0. The Morgan fingerprint density at radius 1 is 0.250 bits per heavy atom. The monoisotopic (exact) mass is 1120 g/mol. The van der Waals surface area contributed by atoms with Gasteiger partial charge in [-0.25, -0.2) is 0 Å².